The highest BCUT2D eigenvalue weighted by Gasteiger charge is 2.21. The van der Waals surface area contributed by atoms with E-state index in [4.69, 9.17) is 8.83 Å². The molecule has 0 saturated heterocycles. The standard InChI is InChI=1S/C36H22O2/c1-4-10-23(11-5-1)26-16-18-32-28(20-26)30-22-31-29-21-27(24-12-6-2-7-13-24)17-19-33(29)38-36(31)34(35(30)37-32)25-14-8-3-9-15-25/h1-22H. The van der Waals surface area contributed by atoms with E-state index in [1.54, 1.807) is 0 Å². The number of hydrogen-bond donors (Lipinski definition) is 0. The second-order valence-corrected chi connectivity index (χ2v) is 9.73. The van der Waals surface area contributed by atoms with Crippen molar-refractivity contribution in [1.29, 1.82) is 0 Å². The predicted molar refractivity (Wildman–Crippen MR) is 157 cm³/mol. The lowest BCUT2D eigenvalue weighted by molar-refractivity contribution is 0.658. The zero-order valence-corrected chi connectivity index (χ0v) is 20.5. The number of rotatable bonds is 3. The first kappa shape index (κ1) is 21.0. The normalized spacial score (nSPS) is 11.7. The van der Waals surface area contributed by atoms with E-state index >= 15 is 0 Å². The quantitative estimate of drug-likeness (QED) is 0.248. The highest BCUT2D eigenvalue weighted by atomic mass is 16.3. The minimum atomic E-state index is 0.853. The molecule has 0 saturated carbocycles. The molecular formula is C36H22O2. The van der Waals surface area contributed by atoms with Gasteiger partial charge < -0.3 is 8.83 Å². The Morgan fingerprint density at radius 1 is 0.316 bits per heavy atom. The SMILES string of the molecule is c1ccc(-c2ccc3oc4c(-c5ccccc5)c5oc6ccc(-c7ccccc7)cc6c5cc4c3c2)cc1. The summed E-state index contributed by atoms with van der Waals surface area (Å²) < 4.78 is 13.1. The zero-order chi connectivity index (χ0) is 25.1. The van der Waals surface area contributed by atoms with Gasteiger partial charge in [-0.15, -0.1) is 0 Å². The topological polar surface area (TPSA) is 26.3 Å². The van der Waals surface area contributed by atoms with Gasteiger partial charge in [-0.25, -0.2) is 0 Å². The van der Waals surface area contributed by atoms with Crippen LogP contribution in [0.2, 0.25) is 0 Å². The van der Waals surface area contributed by atoms with Crippen LogP contribution in [0.5, 0.6) is 0 Å². The smallest absolute Gasteiger partial charge is 0.147 e. The first-order valence-corrected chi connectivity index (χ1v) is 12.9. The molecule has 0 atom stereocenters. The number of benzene rings is 6. The highest BCUT2D eigenvalue weighted by Crippen LogP contribution is 2.45. The molecular weight excluding hydrogens is 464 g/mol. The molecule has 0 aliphatic carbocycles. The van der Waals surface area contributed by atoms with Crippen LogP contribution in [0, 0.1) is 0 Å². The Morgan fingerprint density at radius 2 is 0.737 bits per heavy atom. The van der Waals surface area contributed by atoms with Crippen molar-refractivity contribution in [2.24, 2.45) is 0 Å². The number of furan rings is 2. The molecule has 2 aromatic heterocycles. The van der Waals surface area contributed by atoms with Crippen molar-refractivity contribution < 1.29 is 8.83 Å². The van der Waals surface area contributed by atoms with E-state index in [2.05, 4.69) is 115 Å². The molecule has 178 valence electrons. The van der Waals surface area contributed by atoms with Gasteiger partial charge >= 0.3 is 0 Å². The predicted octanol–water partition coefficient (Wildman–Crippen LogP) is 10.5. The van der Waals surface area contributed by atoms with Crippen LogP contribution in [0.1, 0.15) is 0 Å². The fraction of sp³-hybridized carbons (Fsp3) is 0. The molecule has 0 radical (unpaired) electrons. The lowest BCUT2D eigenvalue weighted by Crippen LogP contribution is -1.81. The minimum absolute atomic E-state index is 0.853. The lowest BCUT2D eigenvalue weighted by Gasteiger charge is -2.05. The van der Waals surface area contributed by atoms with Crippen molar-refractivity contribution in [2.75, 3.05) is 0 Å². The molecule has 8 rings (SSSR count). The Bertz CT molecular complexity index is 1970. The van der Waals surface area contributed by atoms with E-state index in [1.807, 2.05) is 18.2 Å². The molecule has 0 amide bonds. The van der Waals surface area contributed by atoms with Crippen molar-refractivity contribution >= 4 is 43.9 Å². The monoisotopic (exact) mass is 486 g/mol. The van der Waals surface area contributed by atoms with Gasteiger partial charge in [-0.05, 0) is 58.1 Å². The van der Waals surface area contributed by atoms with Crippen molar-refractivity contribution in [3.05, 3.63) is 133 Å². The molecule has 2 heteroatoms. The fourth-order valence-electron chi connectivity index (χ4n) is 5.63. The average Bonchev–Trinajstić information content (AvgIpc) is 3.54. The molecule has 0 spiro atoms. The van der Waals surface area contributed by atoms with Crippen molar-refractivity contribution in [2.45, 2.75) is 0 Å². The highest BCUT2D eigenvalue weighted by molar-refractivity contribution is 6.22. The van der Waals surface area contributed by atoms with Gasteiger partial charge in [0.1, 0.15) is 22.3 Å². The fourth-order valence-corrected chi connectivity index (χ4v) is 5.63. The van der Waals surface area contributed by atoms with Crippen molar-refractivity contribution in [3.63, 3.8) is 0 Å². The van der Waals surface area contributed by atoms with Gasteiger partial charge in [0.25, 0.3) is 0 Å². The third-order valence-electron chi connectivity index (χ3n) is 7.47. The molecule has 0 aliphatic rings. The summed E-state index contributed by atoms with van der Waals surface area (Å²) in [7, 11) is 0. The van der Waals surface area contributed by atoms with E-state index in [0.29, 0.717) is 0 Å². The van der Waals surface area contributed by atoms with Gasteiger partial charge in [0, 0.05) is 21.5 Å². The molecule has 0 N–H and O–H groups in total. The van der Waals surface area contributed by atoms with E-state index in [-0.39, 0.29) is 0 Å². The summed E-state index contributed by atoms with van der Waals surface area (Å²) >= 11 is 0. The molecule has 0 fully saturated rings. The van der Waals surface area contributed by atoms with Crippen LogP contribution >= 0.6 is 0 Å². The molecule has 38 heavy (non-hydrogen) atoms. The van der Waals surface area contributed by atoms with Crippen molar-refractivity contribution in [3.8, 4) is 33.4 Å². The Morgan fingerprint density at radius 3 is 1.18 bits per heavy atom. The minimum Gasteiger partial charge on any atom is -0.455 e. The zero-order valence-electron chi connectivity index (χ0n) is 20.5. The summed E-state index contributed by atoms with van der Waals surface area (Å²) in [6, 6.07) is 46.6. The van der Waals surface area contributed by atoms with Gasteiger partial charge in [0.05, 0.1) is 5.56 Å². The van der Waals surface area contributed by atoms with Crippen molar-refractivity contribution in [1.82, 2.24) is 0 Å². The number of hydrogen-bond acceptors (Lipinski definition) is 2. The Hall–Kier alpha value is -5.08. The van der Waals surface area contributed by atoms with E-state index in [0.717, 1.165) is 55.0 Å². The second kappa shape index (κ2) is 8.22. The second-order valence-electron chi connectivity index (χ2n) is 9.73. The van der Waals surface area contributed by atoms with Gasteiger partial charge in [0.2, 0.25) is 0 Å². The summed E-state index contributed by atoms with van der Waals surface area (Å²) in [4.78, 5) is 0. The molecule has 6 aromatic carbocycles. The van der Waals surface area contributed by atoms with Crippen LogP contribution in [-0.4, -0.2) is 0 Å². The summed E-state index contributed by atoms with van der Waals surface area (Å²) in [6.45, 7) is 0. The Balaban J connectivity index is 1.48. The third kappa shape index (κ3) is 3.21. The summed E-state index contributed by atoms with van der Waals surface area (Å²) in [6.07, 6.45) is 0. The molecule has 0 unspecified atom stereocenters. The Labute approximate surface area is 219 Å². The number of fused-ring (bicyclic) bond motifs is 6. The van der Waals surface area contributed by atoms with Crippen LogP contribution < -0.4 is 0 Å². The van der Waals surface area contributed by atoms with Gasteiger partial charge in [0.15, 0.2) is 0 Å². The van der Waals surface area contributed by atoms with Gasteiger partial charge in [-0.2, -0.15) is 0 Å². The van der Waals surface area contributed by atoms with Crippen LogP contribution in [0.15, 0.2) is 142 Å². The first-order valence-electron chi connectivity index (χ1n) is 12.9. The molecule has 0 bridgehead atoms. The maximum atomic E-state index is 6.57. The molecule has 2 nitrogen and oxygen atoms in total. The maximum absolute atomic E-state index is 6.57. The van der Waals surface area contributed by atoms with Crippen LogP contribution in [0.3, 0.4) is 0 Å². The Kier molecular flexibility index (Phi) is 4.55. The van der Waals surface area contributed by atoms with Crippen LogP contribution in [-0.2, 0) is 0 Å². The van der Waals surface area contributed by atoms with Crippen LogP contribution in [0.4, 0.5) is 0 Å². The summed E-state index contributed by atoms with van der Waals surface area (Å²) in [5.74, 6) is 0. The first-order chi connectivity index (χ1) is 18.8. The largest absolute Gasteiger partial charge is 0.455 e. The van der Waals surface area contributed by atoms with E-state index in [1.165, 1.54) is 22.3 Å². The van der Waals surface area contributed by atoms with Gasteiger partial charge in [-0.3, -0.25) is 0 Å². The van der Waals surface area contributed by atoms with E-state index in [9.17, 15) is 0 Å². The van der Waals surface area contributed by atoms with Gasteiger partial charge in [-0.1, -0.05) is 103 Å². The maximum Gasteiger partial charge on any atom is 0.147 e. The third-order valence-corrected chi connectivity index (χ3v) is 7.47. The molecule has 0 aliphatic heterocycles. The van der Waals surface area contributed by atoms with E-state index < -0.39 is 0 Å². The molecule has 2 heterocycles. The lowest BCUT2D eigenvalue weighted by atomic mass is 9.96. The average molecular weight is 487 g/mol. The molecule has 8 aromatic rings. The van der Waals surface area contributed by atoms with Crippen LogP contribution in [0.25, 0.3) is 77.3 Å². The summed E-state index contributed by atoms with van der Waals surface area (Å²) in [5.41, 5.74) is 10.2. The summed E-state index contributed by atoms with van der Waals surface area (Å²) in [5, 5.41) is 4.40.